The van der Waals surface area contributed by atoms with Crippen LogP contribution in [-0.2, 0) is 0 Å². The Morgan fingerprint density at radius 2 is 1.42 bits per heavy atom. The maximum atomic E-state index is 2.30. The van der Waals surface area contributed by atoms with Crippen molar-refractivity contribution in [2.24, 2.45) is 0 Å². The zero-order chi connectivity index (χ0) is 9.40. The number of rotatable bonds is 1. The van der Waals surface area contributed by atoms with E-state index in [0.717, 1.165) is 0 Å². The standard InChI is InChI=1S/C7H10Si.C3H9N/c1-8-7-5-3-2-4-6-7;1-4(2)3/h2-6H,8H2,1H3;1-3H3. The summed E-state index contributed by atoms with van der Waals surface area (Å²) in [6.45, 7) is 2.30. The summed E-state index contributed by atoms with van der Waals surface area (Å²) in [5, 5.41) is 1.55. The molecule has 68 valence electrons. The first-order chi connectivity index (χ1) is 5.66. The molecule has 0 heterocycles. The summed E-state index contributed by atoms with van der Waals surface area (Å²) in [4.78, 5) is 2.00. The number of hydrogen-bond acceptors (Lipinski definition) is 1. The summed E-state index contributed by atoms with van der Waals surface area (Å²) in [7, 11) is 6.09. The van der Waals surface area contributed by atoms with Crippen molar-refractivity contribution in [3.8, 4) is 0 Å². The normalized spacial score (nSPS) is 10.1. The highest BCUT2D eigenvalue weighted by molar-refractivity contribution is 6.51. The Bertz CT molecular complexity index is 182. The Morgan fingerprint density at radius 1 is 1.00 bits per heavy atom. The van der Waals surface area contributed by atoms with Crippen molar-refractivity contribution in [1.82, 2.24) is 4.90 Å². The fourth-order valence-corrected chi connectivity index (χ4v) is 1.46. The highest BCUT2D eigenvalue weighted by Crippen LogP contribution is 1.79. The van der Waals surface area contributed by atoms with Gasteiger partial charge in [0.25, 0.3) is 0 Å². The van der Waals surface area contributed by atoms with E-state index >= 15 is 0 Å². The van der Waals surface area contributed by atoms with Crippen LogP contribution in [0.4, 0.5) is 0 Å². The van der Waals surface area contributed by atoms with E-state index in [1.165, 1.54) is 0 Å². The van der Waals surface area contributed by atoms with Crippen LogP contribution in [0.3, 0.4) is 0 Å². The summed E-state index contributed by atoms with van der Waals surface area (Å²) in [6, 6.07) is 10.7. The van der Waals surface area contributed by atoms with Gasteiger partial charge >= 0.3 is 0 Å². The Labute approximate surface area is 78.2 Å². The molecule has 0 aliphatic rings. The summed E-state index contributed by atoms with van der Waals surface area (Å²) >= 11 is 0. The smallest absolute Gasteiger partial charge is 0.0516 e. The van der Waals surface area contributed by atoms with Crippen molar-refractivity contribution in [1.29, 1.82) is 0 Å². The minimum absolute atomic E-state index is 0.0913. The van der Waals surface area contributed by atoms with Crippen molar-refractivity contribution >= 4 is 14.7 Å². The van der Waals surface area contributed by atoms with Gasteiger partial charge in [0.15, 0.2) is 0 Å². The van der Waals surface area contributed by atoms with E-state index in [-0.39, 0.29) is 9.52 Å². The van der Waals surface area contributed by atoms with Gasteiger partial charge in [0, 0.05) is 0 Å². The second-order valence-electron chi connectivity index (χ2n) is 3.18. The molecule has 0 N–H and O–H groups in total. The van der Waals surface area contributed by atoms with E-state index in [1.54, 1.807) is 5.19 Å². The third kappa shape index (κ3) is 7.50. The largest absolute Gasteiger partial charge is 0.312 e. The van der Waals surface area contributed by atoms with Gasteiger partial charge < -0.3 is 4.90 Å². The molecule has 12 heavy (non-hydrogen) atoms. The molecule has 1 rings (SSSR count). The fraction of sp³-hybridized carbons (Fsp3) is 0.400. The van der Waals surface area contributed by atoms with Gasteiger partial charge in [-0.2, -0.15) is 0 Å². The Balaban J connectivity index is 0.000000261. The third-order valence-corrected chi connectivity index (χ3v) is 2.54. The van der Waals surface area contributed by atoms with Crippen molar-refractivity contribution in [2.75, 3.05) is 21.1 Å². The van der Waals surface area contributed by atoms with Gasteiger partial charge in [-0.15, -0.1) is 0 Å². The number of nitrogens with zero attached hydrogens (tertiary/aromatic N) is 1. The molecule has 0 radical (unpaired) electrons. The van der Waals surface area contributed by atoms with E-state index in [1.807, 2.05) is 26.0 Å². The van der Waals surface area contributed by atoms with Gasteiger partial charge in [0.2, 0.25) is 0 Å². The molecule has 0 fully saturated rings. The van der Waals surface area contributed by atoms with Gasteiger partial charge in [-0.1, -0.05) is 42.1 Å². The topological polar surface area (TPSA) is 3.24 Å². The highest BCUT2D eigenvalue weighted by atomic mass is 28.2. The minimum atomic E-state index is 0.0913. The van der Waals surface area contributed by atoms with E-state index < -0.39 is 0 Å². The lowest BCUT2D eigenvalue weighted by molar-refractivity contribution is 0.505. The molecule has 2 heteroatoms. The lowest BCUT2D eigenvalue weighted by atomic mass is 10.4. The van der Waals surface area contributed by atoms with Gasteiger partial charge in [0.05, 0.1) is 9.52 Å². The first-order valence-electron chi connectivity index (χ1n) is 4.31. The molecular weight excluding hydrogens is 162 g/mol. The predicted octanol–water partition coefficient (Wildman–Crippen LogP) is 0.707. The average Bonchev–Trinajstić information content (AvgIpc) is 2.05. The molecule has 0 aliphatic heterocycles. The molecule has 1 nitrogen and oxygen atoms in total. The minimum Gasteiger partial charge on any atom is -0.312 e. The Hall–Kier alpha value is -0.603. The van der Waals surface area contributed by atoms with Gasteiger partial charge in [-0.05, 0) is 21.1 Å². The average molecular weight is 181 g/mol. The van der Waals surface area contributed by atoms with Crippen LogP contribution in [0.2, 0.25) is 6.55 Å². The molecule has 0 aromatic heterocycles. The quantitative estimate of drug-likeness (QED) is 0.577. The second kappa shape index (κ2) is 7.07. The van der Waals surface area contributed by atoms with Gasteiger partial charge in [-0.25, -0.2) is 0 Å². The summed E-state index contributed by atoms with van der Waals surface area (Å²) in [6.07, 6.45) is 0. The molecule has 0 saturated carbocycles. The summed E-state index contributed by atoms with van der Waals surface area (Å²) < 4.78 is 0. The molecule has 0 aliphatic carbocycles. The third-order valence-electron chi connectivity index (χ3n) is 1.25. The molecular formula is C10H19NSi. The predicted molar refractivity (Wildman–Crippen MR) is 60.1 cm³/mol. The SMILES string of the molecule is CN(C)C.C[SiH2]c1ccccc1. The van der Waals surface area contributed by atoms with E-state index in [9.17, 15) is 0 Å². The van der Waals surface area contributed by atoms with Crippen LogP contribution in [0, 0.1) is 0 Å². The molecule has 1 aromatic carbocycles. The zero-order valence-corrected chi connectivity index (χ0v) is 9.96. The van der Waals surface area contributed by atoms with E-state index in [0.29, 0.717) is 0 Å². The van der Waals surface area contributed by atoms with Crippen LogP contribution < -0.4 is 5.19 Å². The summed E-state index contributed by atoms with van der Waals surface area (Å²) in [5.41, 5.74) is 0. The second-order valence-corrected chi connectivity index (χ2v) is 4.70. The molecule has 0 bridgehead atoms. The van der Waals surface area contributed by atoms with Crippen molar-refractivity contribution < 1.29 is 0 Å². The lowest BCUT2D eigenvalue weighted by Crippen LogP contribution is -2.07. The molecule has 0 spiro atoms. The molecule has 0 unspecified atom stereocenters. The number of hydrogen-bond donors (Lipinski definition) is 0. The monoisotopic (exact) mass is 181 g/mol. The number of benzene rings is 1. The maximum absolute atomic E-state index is 2.30. The Kier molecular flexibility index (Phi) is 6.71. The van der Waals surface area contributed by atoms with Crippen molar-refractivity contribution in [3.05, 3.63) is 30.3 Å². The Morgan fingerprint density at radius 3 is 1.67 bits per heavy atom. The van der Waals surface area contributed by atoms with E-state index in [4.69, 9.17) is 0 Å². The van der Waals surface area contributed by atoms with Crippen molar-refractivity contribution in [3.63, 3.8) is 0 Å². The van der Waals surface area contributed by atoms with Crippen LogP contribution >= 0.6 is 0 Å². The van der Waals surface area contributed by atoms with Gasteiger partial charge in [0.1, 0.15) is 0 Å². The molecule has 1 aromatic rings. The highest BCUT2D eigenvalue weighted by Gasteiger charge is 1.80. The van der Waals surface area contributed by atoms with Crippen molar-refractivity contribution in [2.45, 2.75) is 6.55 Å². The maximum Gasteiger partial charge on any atom is 0.0516 e. The van der Waals surface area contributed by atoms with Gasteiger partial charge in [-0.3, -0.25) is 0 Å². The first-order valence-corrected chi connectivity index (χ1v) is 6.43. The molecule has 0 amide bonds. The van der Waals surface area contributed by atoms with Crippen LogP contribution in [0.25, 0.3) is 0 Å². The van der Waals surface area contributed by atoms with Crippen LogP contribution in [-0.4, -0.2) is 35.6 Å². The zero-order valence-electron chi connectivity index (χ0n) is 8.54. The molecule has 0 saturated heterocycles. The first kappa shape index (κ1) is 11.4. The van der Waals surface area contributed by atoms with E-state index in [2.05, 4.69) is 36.9 Å². The lowest BCUT2D eigenvalue weighted by Gasteiger charge is -1.90. The fourth-order valence-electron chi connectivity index (χ4n) is 0.714. The van der Waals surface area contributed by atoms with Crippen LogP contribution in [0.5, 0.6) is 0 Å². The summed E-state index contributed by atoms with van der Waals surface area (Å²) in [5.74, 6) is 0. The molecule has 0 atom stereocenters. The van der Waals surface area contributed by atoms with Crippen LogP contribution in [0.15, 0.2) is 30.3 Å². The van der Waals surface area contributed by atoms with Crippen LogP contribution in [0.1, 0.15) is 0 Å².